The Morgan fingerprint density at radius 3 is 2.50 bits per heavy atom. The molecule has 0 spiro atoms. The topological polar surface area (TPSA) is 35.5 Å². The van der Waals surface area contributed by atoms with Crippen LogP contribution in [-0.2, 0) is 0 Å². The molecule has 90 valence electrons. The average Bonchev–Trinajstić information content (AvgIpc) is 2.29. The van der Waals surface area contributed by atoms with E-state index in [1.54, 1.807) is 12.1 Å². The van der Waals surface area contributed by atoms with E-state index in [-0.39, 0.29) is 0 Å². The summed E-state index contributed by atoms with van der Waals surface area (Å²) in [5, 5.41) is 12.4. The van der Waals surface area contributed by atoms with Crippen molar-refractivity contribution in [3.8, 4) is 5.75 Å². The Morgan fingerprint density at radius 2 is 1.94 bits per heavy atom. The van der Waals surface area contributed by atoms with Gasteiger partial charge in [0, 0.05) is 6.04 Å². The highest BCUT2D eigenvalue weighted by Gasteiger charge is 2.10. The van der Waals surface area contributed by atoms with Gasteiger partial charge in [-0.3, -0.25) is 4.90 Å². The van der Waals surface area contributed by atoms with Crippen LogP contribution in [0.5, 0.6) is 5.75 Å². The Labute approximate surface area is 98.1 Å². The van der Waals surface area contributed by atoms with Gasteiger partial charge in [-0.25, -0.2) is 0 Å². The summed E-state index contributed by atoms with van der Waals surface area (Å²) in [6, 6.07) is 7.83. The van der Waals surface area contributed by atoms with Crippen LogP contribution in [0.4, 0.5) is 0 Å². The van der Waals surface area contributed by atoms with Crippen LogP contribution < -0.4 is 5.32 Å². The van der Waals surface area contributed by atoms with Crippen LogP contribution in [0.15, 0.2) is 24.3 Å². The molecule has 0 amide bonds. The molecule has 0 heterocycles. The minimum absolute atomic E-state index is 0.328. The highest BCUT2D eigenvalue weighted by Crippen LogP contribution is 2.20. The summed E-state index contributed by atoms with van der Waals surface area (Å²) in [5.74, 6) is 0.328. The van der Waals surface area contributed by atoms with E-state index in [1.165, 1.54) is 5.56 Å². The number of rotatable bonds is 6. The maximum absolute atomic E-state index is 9.23. The highest BCUT2D eigenvalue weighted by molar-refractivity contribution is 5.27. The lowest BCUT2D eigenvalue weighted by Crippen LogP contribution is -2.25. The molecule has 1 atom stereocenters. The molecule has 0 bridgehead atoms. The number of aromatic hydroxyl groups is 1. The molecular weight excluding hydrogens is 200 g/mol. The Morgan fingerprint density at radius 1 is 1.31 bits per heavy atom. The van der Waals surface area contributed by atoms with Crippen molar-refractivity contribution in [2.24, 2.45) is 0 Å². The maximum atomic E-state index is 9.23. The van der Waals surface area contributed by atoms with E-state index < -0.39 is 0 Å². The lowest BCUT2D eigenvalue weighted by Gasteiger charge is -2.25. The van der Waals surface area contributed by atoms with Crippen molar-refractivity contribution in [2.45, 2.75) is 19.4 Å². The average molecular weight is 222 g/mol. The first-order chi connectivity index (χ1) is 7.65. The van der Waals surface area contributed by atoms with Crippen molar-refractivity contribution >= 4 is 0 Å². The molecule has 1 rings (SSSR count). The zero-order valence-electron chi connectivity index (χ0n) is 10.4. The van der Waals surface area contributed by atoms with E-state index in [9.17, 15) is 5.11 Å². The van der Waals surface area contributed by atoms with Gasteiger partial charge in [0.2, 0.25) is 0 Å². The summed E-state index contributed by atoms with van der Waals surface area (Å²) in [6.07, 6.45) is 1.15. The molecule has 0 saturated carbocycles. The van der Waals surface area contributed by atoms with Crippen LogP contribution >= 0.6 is 0 Å². The smallest absolute Gasteiger partial charge is 0.115 e. The van der Waals surface area contributed by atoms with Gasteiger partial charge in [-0.15, -0.1) is 0 Å². The van der Waals surface area contributed by atoms with Crippen LogP contribution in [-0.4, -0.2) is 37.2 Å². The van der Waals surface area contributed by atoms with E-state index in [1.807, 2.05) is 19.2 Å². The molecule has 0 radical (unpaired) electrons. The lowest BCUT2D eigenvalue weighted by atomic mass is 10.1. The van der Waals surface area contributed by atoms with Crippen molar-refractivity contribution in [3.63, 3.8) is 0 Å². The second-order valence-corrected chi connectivity index (χ2v) is 4.21. The van der Waals surface area contributed by atoms with Gasteiger partial charge in [0.05, 0.1) is 0 Å². The predicted octanol–water partition coefficient (Wildman–Crippen LogP) is 1.99. The van der Waals surface area contributed by atoms with Gasteiger partial charge in [0.1, 0.15) is 5.75 Å². The lowest BCUT2D eigenvalue weighted by molar-refractivity contribution is 0.258. The normalized spacial score (nSPS) is 13.0. The number of benzene rings is 1. The van der Waals surface area contributed by atoms with Gasteiger partial charge in [0.15, 0.2) is 0 Å². The summed E-state index contributed by atoms with van der Waals surface area (Å²) in [6.45, 7) is 4.31. The highest BCUT2D eigenvalue weighted by atomic mass is 16.3. The fourth-order valence-corrected chi connectivity index (χ4v) is 1.71. The molecule has 1 aromatic rings. The Bertz CT molecular complexity index is 297. The van der Waals surface area contributed by atoms with Crippen molar-refractivity contribution < 1.29 is 5.11 Å². The predicted molar refractivity (Wildman–Crippen MR) is 67.7 cm³/mol. The van der Waals surface area contributed by atoms with Gasteiger partial charge in [-0.2, -0.15) is 0 Å². The summed E-state index contributed by atoms with van der Waals surface area (Å²) in [7, 11) is 4.11. The molecule has 2 N–H and O–H groups in total. The molecule has 16 heavy (non-hydrogen) atoms. The van der Waals surface area contributed by atoms with E-state index in [2.05, 4.69) is 24.2 Å². The molecule has 0 aliphatic heterocycles. The van der Waals surface area contributed by atoms with Crippen molar-refractivity contribution in [1.82, 2.24) is 10.2 Å². The zero-order valence-corrected chi connectivity index (χ0v) is 10.4. The largest absolute Gasteiger partial charge is 0.508 e. The number of nitrogens with one attached hydrogen (secondary N) is 1. The molecule has 0 aliphatic carbocycles. The Kier molecular flexibility index (Phi) is 5.29. The third-order valence-electron chi connectivity index (χ3n) is 2.97. The number of hydrogen-bond acceptors (Lipinski definition) is 3. The first-order valence-electron chi connectivity index (χ1n) is 5.79. The van der Waals surface area contributed by atoms with Gasteiger partial charge < -0.3 is 10.4 Å². The van der Waals surface area contributed by atoms with Gasteiger partial charge >= 0.3 is 0 Å². The molecule has 1 unspecified atom stereocenters. The van der Waals surface area contributed by atoms with Crippen molar-refractivity contribution in [2.75, 3.05) is 27.2 Å². The van der Waals surface area contributed by atoms with Crippen molar-refractivity contribution in [3.05, 3.63) is 29.8 Å². The Balaban J connectivity index is 2.49. The number of phenols is 1. The minimum atomic E-state index is 0.328. The van der Waals surface area contributed by atoms with Crippen molar-refractivity contribution in [1.29, 1.82) is 0 Å². The van der Waals surface area contributed by atoms with E-state index >= 15 is 0 Å². The summed E-state index contributed by atoms with van der Waals surface area (Å²) >= 11 is 0. The molecule has 0 fully saturated rings. The number of nitrogens with zero attached hydrogens (tertiary/aromatic N) is 1. The monoisotopic (exact) mass is 222 g/mol. The van der Waals surface area contributed by atoms with Gasteiger partial charge in [-0.05, 0) is 58.2 Å². The first kappa shape index (κ1) is 13.0. The quantitative estimate of drug-likeness (QED) is 0.723. The SMILES string of the molecule is CNCCCN(C)C(C)c1ccc(O)cc1. The fourth-order valence-electron chi connectivity index (χ4n) is 1.71. The van der Waals surface area contributed by atoms with Gasteiger partial charge in [-0.1, -0.05) is 12.1 Å². The molecule has 1 aromatic carbocycles. The summed E-state index contributed by atoms with van der Waals surface area (Å²) in [5.41, 5.74) is 1.24. The number of phenolic OH excluding ortho intramolecular Hbond substituents is 1. The summed E-state index contributed by atoms with van der Waals surface area (Å²) in [4.78, 5) is 2.32. The van der Waals surface area contributed by atoms with Crippen LogP contribution in [0, 0.1) is 0 Å². The third kappa shape index (κ3) is 3.83. The maximum Gasteiger partial charge on any atom is 0.115 e. The standard InChI is InChI=1S/C13H22N2O/c1-11(15(3)10-4-9-14-2)12-5-7-13(16)8-6-12/h5-8,11,14,16H,4,9-10H2,1-3H3. The summed E-state index contributed by atoms with van der Waals surface area (Å²) < 4.78 is 0. The second kappa shape index (κ2) is 6.51. The van der Waals surface area contributed by atoms with E-state index in [0.717, 1.165) is 19.5 Å². The molecule has 0 aromatic heterocycles. The van der Waals surface area contributed by atoms with Crippen LogP contribution in [0.25, 0.3) is 0 Å². The fraction of sp³-hybridized carbons (Fsp3) is 0.538. The number of hydrogen-bond donors (Lipinski definition) is 2. The first-order valence-corrected chi connectivity index (χ1v) is 5.79. The molecule has 3 nitrogen and oxygen atoms in total. The van der Waals surface area contributed by atoms with Crippen LogP contribution in [0.3, 0.4) is 0 Å². The second-order valence-electron chi connectivity index (χ2n) is 4.21. The zero-order chi connectivity index (χ0) is 12.0. The minimum Gasteiger partial charge on any atom is -0.508 e. The van der Waals surface area contributed by atoms with Crippen LogP contribution in [0.1, 0.15) is 24.9 Å². The van der Waals surface area contributed by atoms with Gasteiger partial charge in [0.25, 0.3) is 0 Å². The molecular formula is C13H22N2O. The Hall–Kier alpha value is -1.06. The molecule has 3 heteroatoms. The molecule has 0 aliphatic rings. The van der Waals surface area contributed by atoms with E-state index in [4.69, 9.17) is 0 Å². The molecule has 0 saturated heterocycles. The van der Waals surface area contributed by atoms with Crippen LogP contribution in [0.2, 0.25) is 0 Å². The third-order valence-corrected chi connectivity index (χ3v) is 2.97. The van der Waals surface area contributed by atoms with E-state index in [0.29, 0.717) is 11.8 Å².